The molecule has 0 bridgehead atoms. The molecule has 0 heterocycles. The van der Waals surface area contributed by atoms with E-state index in [2.05, 4.69) is 5.32 Å². The summed E-state index contributed by atoms with van der Waals surface area (Å²) < 4.78 is 37.3. The van der Waals surface area contributed by atoms with Gasteiger partial charge in [0.1, 0.15) is 5.75 Å². The van der Waals surface area contributed by atoms with Gasteiger partial charge in [-0.3, -0.25) is 4.79 Å². The normalized spacial score (nSPS) is 11.1. The fraction of sp³-hybridized carbons (Fsp3) is 0.200. The number of carbonyl (C=O) groups excluding carboxylic acids is 2. The number of esters is 1. The van der Waals surface area contributed by atoms with Gasteiger partial charge in [0.25, 0.3) is 5.91 Å². The number of anilines is 1. The molecule has 0 aliphatic heterocycles. The predicted octanol–water partition coefficient (Wildman–Crippen LogP) is 4.30. The number of rotatable bonds is 10. The van der Waals surface area contributed by atoms with Crippen molar-refractivity contribution in [3.63, 3.8) is 0 Å². The van der Waals surface area contributed by atoms with Gasteiger partial charge in [0, 0.05) is 13.1 Å². The number of carbonyl (C=O) groups is 2. The molecule has 3 rings (SSSR count). The lowest BCUT2D eigenvalue weighted by Gasteiger charge is -2.18. The summed E-state index contributed by atoms with van der Waals surface area (Å²) in [5.41, 5.74) is 0.567. The zero-order valence-corrected chi connectivity index (χ0v) is 19.7. The van der Waals surface area contributed by atoms with Gasteiger partial charge in [0.15, 0.2) is 12.4 Å². The molecule has 3 aromatic carbocycles. The van der Waals surface area contributed by atoms with E-state index in [0.29, 0.717) is 30.3 Å². The molecule has 0 saturated carbocycles. The number of benzene rings is 3. The molecule has 3 aromatic rings. The third-order valence-electron chi connectivity index (χ3n) is 4.90. The van der Waals surface area contributed by atoms with Crippen molar-refractivity contribution in [2.24, 2.45) is 0 Å². The molecule has 0 aliphatic rings. The quantitative estimate of drug-likeness (QED) is 0.432. The summed E-state index contributed by atoms with van der Waals surface area (Å²) in [6.07, 6.45) is 0. The van der Waals surface area contributed by atoms with Crippen molar-refractivity contribution in [2.45, 2.75) is 18.7 Å². The maximum Gasteiger partial charge on any atom is 0.338 e. The van der Waals surface area contributed by atoms with Crippen LogP contribution in [0, 0.1) is 0 Å². The van der Waals surface area contributed by atoms with Gasteiger partial charge in [-0.2, -0.15) is 4.31 Å². The molecule has 178 valence electrons. The molecular formula is C25H26N2O6S. The topological polar surface area (TPSA) is 102 Å². The van der Waals surface area contributed by atoms with Crippen molar-refractivity contribution >= 4 is 27.6 Å². The molecule has 1 amide bonds. The van der Waals surface area contributed by atoms with Crippen LogP contribution in [-0.2, 0) is 19.6 Å². The maximum atomic E-state index is 12.6. The first-order valence-electron chi connectivity index (χ1n) is 10.7. The van der Waals surface area contributed by atoms with Crippen LogP contribution in [0.1, 0.15) is 24.2 Å². The molecule has 0 aromatic heterocycles. The first kappa shape index (κ1) is 24.9. The maximum absolute atomic E-state index is 12.6. The molecular weight excluding hydrogens is 456 g/mol. The van der Waals surface area contributed by atoms with E-state index in [1.165, 1.54) is 28.6 Å². The van der Waals surface area contributed by atoms with E-state index in [1.54, 1.807) is 50.2 Å². The monoisotopic (exact) mass is 482 g/mol. The SMILES string of the molecule is CCN(CC)S(=O)(=O)c1ccc(C(=O)OCC(=O)Nc2ccccc2Oc2ccccc2)cc1. The van der Waals surface area contributed by atoms with Crippen LogP contribution >= 0.6 is 0 Å². The largest absolute Gasteiger partial charge is 0.455 e. The Morgan fingerprint density at radius 1 is 0.853 bits per heavy atom. The van der Waals surface area contributed by atoms with Crippen LogP contribution in [0.3, 0.4) is 0 Å². The van der Waals surface area contributed by atoms with Crippen molar-refractivity contribution < 1.29 is 27.5 Å². The highest BCUT2D eigenvalue weighted by Gasteiger charge is 2.22. The van der Waals surface area contributed by atoms with Gasteiger partial charge >= 0.3 is 5.97 Å². The number of hydrogen-bond donors (Lipinski definition) is 1. The molecule has 1 N–H and O–H groups in total. The number of hydrogen-bond acceptors (Lipinski definition) is 6. The number of amides is 1. The number of sulfonamides is 1. The Morgan fingerprint density at radius 2 is 1.47 bits per heavy atom. The third kappa shape index (κ3) is 6.21. The summed E-state index contributed by atoms with van der Waals surface area (Å²) in [4.78, 5) is 24.8. The highest BCUT2D eigenvalue weighted by atomic mass is 32.2. The molecule has 34 heavy (non-hydrogen) atoms. The van der Waals surface area contributed by atoms with Gasteiger partial charge < -0.3 is 14.8 Å². The molecule has 0 spiro atoms. The minimum absolute atomic E-state index is 0.0838. The van der Waals surface area contributed by atoms with E-state index < -0.39 is 28.5 Å². The second-order valence-corrected chi connectivity index (χ2v) is 9.09. The Hall–Kier alpha value is -3.69. The molecule has 0 fully saturated rings. The van der Waals surface area contributed by atoms with E-state index in [4.69, 9.17) is 9.47 Å². The summed E-state index contributed by atoms with van der Waals surface area (Å²) in [5.74, 6) is -0.227. The van der Waals surface area contributed by atoms with E-state index >= 15 is 0 Å². The lowest BCUT2D eigenvalue weighted by molar-refractivity contribution is -0.119. The zero-order valence-electron chi connectivity index (χ0n) is 18.9. The van der Waals surface area contributed by atoms with Crippen molar-refractivity contribution in [2.75, 3.05) is 25.0 Å². The second-order valence-electron chi connectivity index (χ2n) is 7.15. The lowest BCUT2D eigenvalue weighted by atomic mass is 10.2. The first-order valence-corrected chi connectivity index (χ1v) is 12.2. The van der Waals surface area contributed by atoms with Crippen LogP contribution in [0.5, 0.6) is 11.5 Å². The standard InChI is InChI=1S/C25H26N2O6S/c1-3-27(4-2)34(30,31)21-16-14-19(15-17-21)25(29)32-18-24(28)26-22-12-8-9-13-23(22)33-20-10-6-5-7-11-20/h5-17H,3-4,18H2,1-2H3,(H,26,28). The van der Waals surface area contributed by atoms with Crippen LogP contribution in [0.25, 0.3) is 0 Å². The van der Waals surface area contributed by atoms with E-state index in [1.807, 2.05) is 18.2 Å². The predicted molar refractivity (Wildman–Crippen MR) is 128 cm³/mol. The minimum atomic E-state index is -3.63. The summed E-state index contributed by atoms with van der Waals surface area (Å²) >= 11 is 0. The van der Waals surface area contributed by atoms with E-state index in [-0.39, 0.29) is 10.5 Å². The van der Waals surface area contributed by atoms with Crippen LogP contribution in [0.4, 0.5) is 5.69 Å². The summed E-state index contributed by atoms with van der Waals surface area (Å²) in [5, 5.41) is 2.67. The molecule has 0 unspecified atom stereocenters. The Labute approximate surface area is 199 Å². The summed E-state index contributed by atoms with van der Waals surface area (Å²) in [6, 6.07) is 21.4. The van der Waals surface area contributed by atoms with Crippen LogP contribution in [0.15, 0.2) is 83.8 Å². The average Bonchev–Trinajstić information content (AvgIpc) is 2.85. The van der Waals surface area contributed by atoms with Crippen molar-refractivity contribution in [1.82, 2.24) is 4.31 Å². The smallest absolute Gasteiger partial charge is 0.338 e. The van der Waals surface area contributed by atoms with Crippen molar-refractivity contribution in [1.29, 1.82) is 0 Å². The van der Waals surface area contributed by atoms with Gasteiger partial charge in [-0.05, 0) is 48.5 Å². The molecule has 8 nitrogen and oxygen atoms in total. The second kappa shape index (κ2) is 11.4. The van der Waals surface area contributed by atoms with Gasteiger partial charge in [-0.1, -0.05) is 44.2 Å². The van der Waals surface area contributed by atoms with Gasteiger partial charge in [-0.25, -0.2) is 13.2 Å². The lowest BCUT2D eigenvalue weighted by Crippen LogP contribution is -2.30. The van der Waals surface area contributed by atoms with Gasteiger partial charge in [-0.15, -0.1) is 0 Å². The summed E-state index contributed by atoms with van der Waals surface area (Å²) in [6.45, 7) is 3.68. The molecule has 0 atom stereocenters. The van der Waals surface area contributed by atoms with E-state index in [9.17, 15) is 18.0 Å². The molecule has 0 aliphatic carbocycles. The zero-order chi connectivity index (χ0) is 24.6. The van der Waals surface area contributed by atoms with Crippen molar-refractivity contribution in [3.05, 3.63) is 84.4 Å². The molecule has 0 saturated heterocycles. The Kier molecular flexibility index (Phi) is 8.39. The van der Waals surface area contributed by atoms with Crippen LogP contribution in [-0.4, -0.2) is 44.3 Å². The third-order valence-corrected chi connectivity index (χ3v) is 6.96. The molecule has 9 heteroatoms. The average molecular weight is 483 g/mol. The number of ether oxygens (including phenoxy) is 2. The molecule has 0 radical (unpaired) electrons. The van der Waals surface area contributed by atoms with Crippen LogP contribution < -0.4 is 10.1 Å². The van der Waals surface area contributed by atoms with Crippen molar-refractivity contribution in [3.8, 4) is 11.5 Å². The fourth-order valence-corrected chi connectivity index (χ4v) is 4.61. The first-order chi connectivity index (χ1) is 16.3. The Bertz CT molecular complexity index is 1220. The fourth-order valence-electron chi connectivity index (χ4n) is 3.15. The minimum Gasteiger partial charge on any atom is -0.455 e. The summed E-state index contributed by atoms with van der Waals surface area (Å²) in [7, 11) is -3.63. The number of para-hydroxylation sites is 3. The van der Waals surface area contributed by atoms with Gasteiger partial charge in [0.05, 0.1) is 16.1 Å². The van der Waals surface area contributed by atoms with Gasteiger partial charge in [0.2, 0.25) is 10.0 Å². The Morgan fingerprint density at radius 3 is 2.12 bits per heavy atom. The number of nitrogens with zero attached hydrogens (tertiary/aromatic N) is 1. The highest BCUT2D eigenvalue weighted by molar-refractivity contribution is 7.89. The number of nitrogens with one attached hydrogen (secondary N) is 1. The van der Waals surface area contributed by atoms with Crippen LogP contribution in [0.2, 0.25) is 0 Å². The highest BCUT2D eigenvalue weighted by Crippen LogP contribution is 2.29. The Balaban J connectivity index is 1.59. The van der Waals surface area contributed by atoms with E-state index in [0.717, 1.165) is 0 Å².